The van der Waals surface area contributed by atoms with E-state index in [-0.39, 0.29) is 5.97 Å². The summed E-state index contributed by atoms with van der Waals surface area (Å²) in [6.45, 7) is 8.71. The van der Waals surface area contributed by atoms with Gasteiger partial charge in [0.15, 0.2) is 0 Å². The highest BCUT2D eigenvalue weighted by atomic mass is 16.5. The molecule has 0 bridgehead atoms. The summed E-state index contributed by atoms with van der Waals surface area (Å²) in [7, 11) is 1.77. The number of aromatic amines is 1. The van der Waals surface area contributed by atoms with Crippen LogP contribution in [-0.4, -0.2) is 36.1 Å². The number of nitrogens with zero attached hydrogens (tertiary/aromatic N) is 1. The first-order valence-corrected chi connectivity index (χ1v) is 13.2. The second kappa shape index (κ2) is 10.1. The van der Waals surface area contributed by atoms with Gasteiger partial charge in [0.05, 0.1) is 19.3 Å². The number of hydrogen-bond donors (Lipinski definition) is 1. The van der Waals surface area contributed by atoms with Crippen LogP contribution in [0.25, 0.3) is 10.9 Å². The maximum Gasteiger partial charge on any atom is 0.338 e. The van der Waals surface area contributed by atoms with Crippen LogP contribution in [0.4, 0.5) is 0 Å². The van der Waals surface area contributed by atoms with Crippen molar-refractivity contribution in [1.29, 1.82) is 0 Å². The van der Waals surface area contributed by atoms with Crippen molar-refractivity contribution < 1.29 is 14.3 Å². The monoisotopic (exact) mass is 474 g/mol. The largest absolute Gasteiger partial charge is 0.496 e. The lowest BCUT2D eigenvalue weighted by Crippen LogP contribution is -2.37. The Hall–Kier alpha value is -2.79. The molecule has 0 spiro atoms. The molecule has 186 valence electrons. The molecule has 2 heterocycles. The second-order valence-electron chi connectivity index (χ2n) is 10.3. The topological polar surface area (TPSA) is 54.6 Å². The number of carbonyl (C=O) groups is 1. The SMILES string of the molecule is CCOC(=O)c1ccc(C2CC(C)CCN2Cc2c(OC)cc(C)c3[nH]ccc23)c2c1CCCC2. The van der Waals surface area contributed by atoms with Gasteiger partial charge in [-0.1, -0.05) is 13.0 Å². The Labute approximate surface area is 208 Å². The van der Waals surface area contributed by atoms with Crippen molar-refractivity contribution in [3.63, 3.8) is 0 Å². The smallest absolute Gasteiger partial charge is 0.338 e. The van der Waals surface area contributed by atoms with Gasteiger partial charge in [-0.2, -0.15) is 0 Å². The first-order chi connectivity index (χ1) is 17.0. The molecular weight excluding hydrogens is 436 g/mol. The number of likely N-dealkylation sites (tertiary alicyclic amines) is 1. The molecule has 0 amide bonds. The normalized spacial score (nSPS) is 20.6. The van der Waals surface area contributed by atoms with Crippen molar-refractivity contribution in [2.24, 2.45) is 5.92 Å². The summed E-state index contributed by atoms with van der Waals surface area (Å²) in [4.78, 5) is 18.8. The van der Waals surface area contributed by atoms with Crippen LogP contribution in [0.1, 0.15) is 83.7 Å². The Balaban J connectivity index is 1.56. The molecule has 1 fully saturated rings. The van der Waals surface area contributed by atoms with E-state index in [1.807, 2.05) is 19.2 Å². The van der Waals surface area contributed by atoms with E-state index in [4.69, 9.17) is 9.47 Å². The number of nitrogens with one attached hydrogen (secondary N) is 1. The van der Waals surface area contributed by atoms with Crippen molar-refractivity contribution >= 4 is 16.9 Å². The Kier molecular flexibility index (Phi) is 6.88. The fourth-order valence-electron chi connectivity index (χ4n) is 6.29. The summed E-state index contributed by atoms with van der Waals surface area (Å²) in [5, 5.41) is 1.25. The lowest BCUT2D eigenvalue weighted by atomic mass is 9.79. The molecule has 1 N–H and O–H groups in total. The fourth-order valence-corrected chi connectivity index (χ4v) is 6.29. The molecule has 0 radical (unpaired) electrons. The average Bonchev–Trinajstić information content (AvgIpc) is 3.37. The number of carbonyl (C=O) groups excluding carboxylic acids is 1. The number of piperidine rings is 1. The molecule has 5 nitrogen and oxygen atoms in total. The number of aromatic nitrogens is 1. The third-order valence-corrected chi connectivity index (χ3v) is 8.09. The summed E-state index contributed by atoms with van der Waals surface area (Å²) in [5.74, 6) is 1.46. The van der Waals surface area contributed by atoms with Crippen LogP contribution >= 0.6 is 0 Å². The Morgan fingerprint density at radius 2 is 1.97 bits per heavy atom. The average molecular weight is 475 g/mol. The van der Waals surface area contributed by atoms with E-state index in [0.29, 0.717) is 18.6 Å². The molecule has 35 heavy (non-hydrogen) atoms. The van der Waals surface area contributed by atoms with Gasteiger partial charge in [0.2, 0.25) is 0 Å². The van der Waals surface area contributed by atoms with Crippen LogP contribution in [0.3, 0.4) is 0 Å². The number of fused-ring (bicyclic) bond motifs is 2. The van der Waals surface area contributed by atoms with Crippen LogP contribution in [0.2, 0.25) is 0 Å². The molecule has 5 rings (SSSR count). The maximum absolute atomic E-state index is 12.7. The second-order valence-corrected chi connectivity index (χ2v) is 10.3. The number of ether oxygens (including phenoxy) is 2. The van der Waals surface area contributed by atoms with E-state index in [0.717, 1.165) is 50.1 Å². The lowest BCUT2D eigenvalue weighted by molar-refractivity contribution is 0.0524. The minimum Gasteiger partial charge on any atom is -0.496 e. The molecule has 1 aliphatic heterocycles. The van der Waals surface area contributed by atoms with E-state index in [1.54, 1.807) is 7.11 Å². The first-order valence-electron chi connectivity index (χ1n) is 13.2. The third-order valence-electron chi connectivity index (χ3n) is 8.09. The molecule has 3 aromatic rings. The number of benzene rings is 2. The van der Waals surface area contributed by atoms with E-state index in [9.17, 15) is 4.79 Å². The van der Waals surface area contributed by atoms with Crippen LogP contribution < -0.4 is 4.74 Å². The minimum atomic E-state index is -0.176. The van der Waals surface area contributed by atoms with Crippen molar-refractivity contribution in [2.45, 2.75) is 71.9 Å². The molecule has 2 aromatic carbocycles. The lowest BCUT2D eigenvalue weighted by Gasteiger charge is -2.41. The van der Waals surface area contributed by atoms with Crippen molar-refractivity contribution in [3.8, 4) is 5.75 Å². The van der Waals surface area contributed by atoms with E-state index >= 15 is 0 Å². The summed E-state index contributed by atoms with van der Waals surface area (Å²) in [6.07, 6.45) is 8.70. The van der Waals surface area contributed by atoms with Crippen LogP contribution in [0.15, 0.2) is 30.5 Å². The molecule has 2 unspecified atom stereocenters. The highest BCUT2D eigenvalue weighted by Gasteiger charge is 2.32. The van der Waals surface area contributed by atoms with Gasteiger partial charge >= 0.3 is 5.97 Å². The van der Waals surface area contributed by atoms with Gasteiger partial charge in [-0.25, -0.2) is 4.79 Å². The Bertz CT molecular complexity index is 1230. The quantitative estimate of drug-likeness (QED) is 0.414. The molecule has 2 atom stereocenters. The van der Waals surface area contributed by atoms with Gasteiger partial charge in [0.25, 0.3) is 0 Å². The molecule has 2 aliphatic rings. The van der Waals surface area contributed by atoms with Crippen LogP contribution in [0, 0.1) is 12.8 Å². The minimum absolute atomic E-state index is 0.176. The maximum atomic E-state index is 12.7. The molecule has 1 saturated heterocycles. The van der Waals surface area contributed by atoms with Gasteiger partial charge in [0, 0.05) is 35.2 Å². The van der Waals surface area contributed by atoms with Gasteiger partial charge < -0.3 is 14.5 Å². The fraction of sp³-hybridized carbons (Fsp3) is 0.500. The number of aryl methyl sites for hydroxylation is 1. The predicted molar refractivity (Wildman–Crippen MR) is 140 cm³/mol. The zero-order valence-electron chi connectivity index (χ0n) is 21.6. The summed E-state index contributed by atoms with van der Waals surface area (Å²) in [6, 6.07) is 8.93. The van der Waals surface area contributed by atoms with Crippen molar-refractivity contribution in [1.82, 2.24) is 9.88 Å². The summed E-state index contributed by atoms with van der Waals surface area (Å²) in [5.41, 5.74) is 8.47. The number of esters is 1. The van der Waals surface area contributed by atoms with E-state index in [2.05, 4.69) is 41.9 Å². The number of methoxy groups -OCH3 is 1. The van der Waals surface area contributed by atoms with Crippen molar-refractivity contribution in [3.05, 3.63) is 63.8 Å². The zero-order valence-corrected chi connectivity index (χ0v) is 21.6. The van der Waals surface area contributed by atoms with Gasteiger partial charge in [0.1, 0.15) is 5.75 Å². The summed E-state index contributed by atoms with van der Waals surface area (Å²) < 4.78 is 11.3. The van der Waals surface area contributed by atoms with Gasteiger partial charge in [-0.05, 0) is 105 Å². The van der Waals surface area contributed by atoms with Crippen LogP contribution in [0.5, 0.6) is 5.75 Å². The third kappa shape index (κ3) is 4.47. The molecular formula is C30H38N2O3. The first kappa shape index (κ1) is 23.9. The van der Waals surface area contributed by atoms with Gasteiger partial charge in [-0.3, -0.25) is 4.90 Å². The highest BCUT2D eigenvalue weighted by molar-refractivity contribution is 5.92. The summed E-state index contributed by atoms with van der Waals surface area (Å²) >= 11 is 0. The van der Waals surface area contributed by atoms with E-state index < -0.39 is 0 Å². The van der Waals surface area contributed by atoms with Gasteiger partial charge in [-0.15, -0.1) is 0 Å². The number of hydrogen-bond acceptors (Lipinski definition) is 4. The Morgan fingerprint density at radius 1 is 1.17 bits per heavy atom. The molecule has 1 aliphatic carbocycles. The van der Waals surface area contributed by atoms with Crippen molar-refractivity contribution in [2.75, 3.05) is 20.3 Å². The van der Waals surface area contributed by atoms with E-state index in [1.165, 1.54) is 51.6 Å². The standard InChI is InChI=1S/C30H38N2O3/c1-5-35-30(33)25-11-10-23(21-8-6-7-9-22(21)25)27-16-19(2)13-15-32(27)18-26-24-12-14-31-29(24)20(3)17-28(26)34-4/h10-12,14,17,19,27,31H,5-9,13,15-16,18H2,1-4H3. The molecule has 5 heteroatoms. The zero-order chi connectivity index (χ0) is 24.5. The molecule has 0 saturated carbocycles. The molecule has 1 aromatic heterocycles. The number of rotatable bonds is 6. The predicted octanol–water partition coefficient (Wildman–Crippen LogP) is 6.51. The Morgan fingerprint density at radius 3 is 2.74 bits per heavy atom. The van der Waals surface area contributed by atoms with Crippen LogP contribution in [-0.2, 0) is 24.1 Å². The number of H-pyrrole nitrogens is 1. The highest BCUT2D eigenvalue weighted by Crippen LogP contribution is 2.42.